The largest absolute Gasteiger partial charge is 0.480 e. The Morgan fingerprint density at radius 1 is 0.800 bits per heavy atom. The van der Waals surface area contributed by atoms with E-state index in [9.17, 15) is 19.5 Å². The van der Waals surface area contributed by atoms with Crippen molar-refractivity contribution in [2.24, 2.45) is 0 Å². The predicted octanol–water partition coefficient (Wildman–Crippen LogP) is 4.65. The zero-order valence-corrected chi connectivity index (χ0v) is 22.3. The van der Waals surface area contributed by atoms with E-state index in [0.717, 1.165) is 5.75 Å². The fourth-order valence-electron chi connectivity index (χ4n) is 4.12. The maximum atomic E-state index is 12.5. The van der Waals surface area contributed by atoms with Crippen molar-refractivity contribution in [3.8, 4) is 0 Å². The van der Waals surface area contributed by atoms with Crippen LogP contribution in [-0.2, 0) is 9.53 Å². The third kappa shape index (κ3) is 6.02. The van der Waals surface area contributed by atoms with E-state index in [1.54, 1.807) is 43.1 Å². The number of hydrogen-bond donors (Lipinski definition) is 1. The molecule has 2 amide bonds. The van der Waals surface area contributed by atoms with E-state index in [1.807, 2.05) is 55.1 Å². The van der Waals surface area contributed by atoms with Crippen molar-refractivity contribution < 1.29 is 24.2 Å². The Morgan fingerprint density at radius 3 is 1.69 bits per heavy atom. The summed E-state index contributed by atoms with van der Waals surface area (Å²) >= 11 is 3.23. The van der Waals surface area contributed by atoms with E-state index in [-0.39, 0.29) is 22.9 Å². The lowest BCUT2D eigenvalue weighted by Crippen LogP contribution is -2.49. The van der Waals surface area contributed by atoms with Crippen LogP contribution in [0.1, 0.15) is 48.4 Å². The van der Waals surface area contributed by atoms with E-state index in [2.05, 4.69) is 13.8 Å². The first-order valence-corrected chi connectivity index (χ1v) is 13.3. The average molecular weight is 517 g/mol. The van der Waals surface area contributed by atoms with Gasteiger partial charge in [0.15, 0.2) is 0 Å². The fourth-order valence-corrected chi connectivity index (χ4v) is 6.51. The number of carbonyl (C=O) groups is 3. The van der Waals surface area contributed by atoms with Crippen LogP contribution in [0.3, 0.4) is 0 Å². The van der Waals surface area contributed by atoms with Gasteiger partial charge in [0.05, 0.1) is 9.74 Å². The molecule has 4 rings (SSSR count). The van der Waals surface area contributed by atoms with Crippen LogP contribution in [-0.4, -0.2) is 73.3 Å². The number of ether oxygens (including phenoxy) is 1. The lowest BCUT2D eigenvalue weighted by molar-refractivity contribution is -0.141. The minimum atomic E-state index is -0.947. The highest BCUT2D eigenvalue weighted by molar-refractivity contribution is 8.01. The van der Waals surface area contributed by atoms with Gasteiger partial charge in [-0.1, -0.05) is 36.4 Å². The first-order valence-electron chi connectivity index (χ1n) is 11.3. The molecule has 9 heteroatoms. The summed E-state index contributed by atoms with van der Waals surface area (Å²) in [6.07, 6.45) is -0.136. The number of carbonyl (C=O) groups excluding carboxylic acids is 2. The van der Waals surface area contributed by atoms with Gasteiger partial charge in [0.25, 0.3) is 11.8 Å². The maximum absolute atomic E-state index is 12.5. The van der Waals surface area contributed by atoms with E-state index >= 15 is 0 Å². The molecule has 2 fully saturated rings. The summed E-state index contributed by atoms with van der Waals surface area (Å²) in [4.78, 5) is 38.7. The van der Waals surface area contributed by atoms with Crippen molar-refractivity contribution in [3.05, 3.63) is 71.8 Å². The topological polar surface area (TPSA) is 87.2 Å². The molecule has 35 heavy (non-hydrogen) atoms. The molecule has 7 nitrogen and oxygen atoms in total. The fraction of sp³-hybridized carbons (Fsp3) is 0.423. The van der Waals surface area contributed by atoms with Gasteiger partial charge in [0, 0.05) is 29.7 Å². The molecule has 0 aromatic heterocycles. The number of hydrogen-bond acceptors (Lipinski definition) is 6. The molecular formula is C26H32N2O5S2. The number of methoxy groups -OCH3 is 1. The Labute approximate surface area is 215 Å². The third-order valence-corrected chi connectivity index (χ3v) is 8.71. The van der Waals surface area contributed by atoms with Gasteiger partial charge in [-0.3, -0.25) is 14.5 Å². The standard InChI is InChI=1S/C13H15NO3S.C13H17NO2S/c1-13(2)14(10(8-18-13)12(16)17)11(15)9-6-4-3-5-7-9;1-13(2)14(11(16-3)9-17-13)12(15)10-7-5-4-6-8-10/h3-7,10H,8H2,1-2H3,(H,16,17);4-8,11H,9H2,1-3H3/t10-;/m0./s1. The monoisotopic (exact) mass is 516 g/mol. The summed E-state index contributed by atoms with van der Waals surface area (Å²) in [6, 6.07) is 17.4. The number of nitrogens with zero attached hydrogens (tertiary/aromatic N) is 2. The van der Waals surface area contributed by atoms with Gasteiger partial charge >= 0.3 is 5.97 Å². The highest BCUT2D eigenvalue weighted by Gasteiger charge is 2.47. The molecule has 188 valence electrons. The number of rotatable bonds is 4. The van der Waals surface area contributed by atoms with Crippen LogP contribution in [0.2, 0.25) is 0 Å². The van der Waals surface area contributed by atoms with Gasteiger partial charge in [0.1, 0.15) is 12.3 Å². The number of thioether (sulfide) groups is 2. The lowest BCUT2D eigenvalue weighted by Gasteiger charge is -2.33. The molecule has 2 aromatic rings. The number of aliphatic carboxylic acids is 1. The van der Waals surface area contributed by atoms with Crippen LogP contribution >= 0.6 is 23.5 Å². The van der Waals surface area contributed by atoms with Gasteiger partial charge in [0.2, 0.25) is 0 Å². The molecule has 0 saturated carbocycles. The lowest BCUT2D eigenvalue weighted by atomic mass is 10.1. The second-order valence-corrected chi connectivity index (χ2v) is 12.4. The van der Waals surface area contributed by atoms with Crippen LogP contribution in [0, 0.1) is 0 Å². The second-order valence-electron chi connectivity index (χ2n) is 9.14. The summed E-state index contributed by atoms with van der Waals surface area (Å²) in [5.41, 5.74) is 1.24. The van der Waals surface area contributed by atoms with Gasteiger partial charge in [-0.15, -0.1) is 23.5 Å². The molecule has 2 atom stereocenters. The Hall–Kier alpha value is -2.49. The molecule has 2 heterocycles. The molecular weight excluding hydrogens is 484 g/mol. The van der Waals surface area contributed by atoms with Crippen molar-refractivity contribution in [2.45, 2.75) is 49.7 Å². The first kappa shape index (κ1) is 27.1. The van der Waals surface area contributed by atoms with Crippen molar-refractivity contribution >= 4 is 41.3 Å². The molecule has 2 aromatic carbocycles. The van der Waals surface area contributed by atoms with E-state index < -0.39 is 16.9 Å². The number of carboxylic acid groups (broad SMARTS) is 1. The minimum Gasteiger partial charge on any atom is -0.480 e. The van der Waals surface area contributed by atoms with Crippen LogP contribution in [0.4, 0.5) is 0 Å². The Kier molecular flexibility index (Phi) is 8.56. The van der Waals surface area contributed by atoms with Gasteiger partial charge in [-0.05, 0) is 52.0 Å². The molecule has 2 aliphatic rings. The Balaban J connectivity index is 0.000000196. The molecule has 0 radical (unpaired) electrons. The van der Waals surface area contributed by atoms with Crippen LogP contribution in [0.5, 0.6) is 0 Å². The Morgan fingerprint density at radius 2 is 1.23 bits per heavy atom. The maximum Gasteiger partial charge on any atom is 0.327 e. The van der Waals surface area contributed by atoms with Gasteiger partial charge in [-0.2, -0.15) is 0 Å². The molecule has 0 spiro atoms. The van der Waals surface area contributed by atoms with E-state index in [1.165, 1.54) is 16.7 Å². The zero-order chi connectivity index (χ0) is 25.8. The van der Waals surface area contributed by atoms with Gasteiger partial charge in [-0.25, -0.2) is 4.79 Å². The second kappa shape index (κ2) is 11.1. The normalized spacial score (nSPS) is 22.3. The first-order chi connectivity index (χ1) is 16.5. The summed E-state index contributed by atoms with van der Waals surface area (Å²) in [5, 5.41) is 9.20. The Bertz CT molecular complexity index is 1050. The summed E-state index contributed by atoms with van der Waals surface area (Å²) in [5.74, 6) is 0.117. The van der Waals surface area contributed by atoms with Crippen molar-refractivity contribution in [3.63, 3.8) is 0 Å². The van der Waals surface area contributed by atoms with Crippen LogP contribution in [0.25, 0.3) is 0 Å². The zero-order valence-electron chi connectivity index (χ0n) is 20.6. The predicted molar refractivity (Wildman–Crippen MR) is 141 cm³/mol. The highest BCUT2D eigenvalue weighted by atomic mass is 32.2. The number of benzene rings is 2. The molecule has 0 aliphatic carbocycles. The van der Waals surface area contributed by atoms with Crippen molar-refractivity contribution in [2.75, 3.05) is 18.6 Å². The third-order valence-electron chi connectivity index (χ3n) is 5.97. The smallest absolute Gasteiger partial charge is 0.327 e. The molecule has 1 N–H and O–H groups in total. The SMILES string of the molecule is CC1(C)SC[C@@H](C(=O)O)N1C(=O)c1ccccc1.COC1CSC(C)(C)N1C(=O)c1ccccc1. The average Bonchev–Trinajstić information content (AvgIpc) is 3.34. The summed E-state index contributed by atoms with van der Waals surface area (Å²) < 4.78 is 5.39. The number of carboxylic acids is 1. The molecule has 2 aliphatic heterocycles. The molecule has 0 bridgehead atoms. The summed E-state index contributed by atoms with van der Waals surface area (Å²) in [7, 11) is 1.65. The minimum absolute atomic E-state index is 0.0347. The van der Waals surface area contributed by atoms with Gasteiger partial charge < -0.3 is 14.7 Å². The van der Waals surface area contributed by atoms with Crippen LogP contribution in [0.15, 0.2) is 60.7 Å². The molecule has 2 saturated heterocycles. The van der Waals surface area contributed by atoms with Crippen molar-refractivity contribution in [1.82, 2.24) is 9.80 Å². The quantitative estimate of drug-likeness (QED) is 0.633. The summed E-state index contributed by atoms with van der Waals surface area (Å²) in [6.45, 7) is 7.86. The highest BCUT2D eigenvalue weighted by Crippen LogP contribution is 2.40. The number of amides is 2. The van der Waals surface area contributed by atoms with Crippen LogP contribution < -0.4 is 0 Å². The van der Waals surface area contributed by atoms with E-state index in [0.29, 0.717) is 16.9 Å². The van der Waals surface area contributed by atoms with Crippen molar-refractivity contribution in [1.29, 1.82) is 0 Å². The van der Waals surface area contributed by atoms with E-state index in [4.69, 9.17) is 4.74 Å². The molecule has 1 unspecified atom stereocenters.